The first-order chi connectivity index (χ1) is 11.6. The number of ether oxygens (including phenoxy) is 1. The number of nitrogens with zero attached hydrogens (tertiary/aromatic N) is 1. The van der Waals surface area contributed by atoms with Crippen LogP contribution in [0.5, 0.6) is 0 Å². The fourth-order valence-electron chi connectivity index (χ4n) is 2.01. The van der Waals surface area contributed by atoms with E-state index in [9.17, 15) is 9.59 Å². The number of thiazole rings is 1. The Morgan fingerprint density at radius 1 is 1.33 bits per heavy atom. The molecule has 8 heteroatoms. The van der Waals surface area contributed by atoms with Gasteiger partial charge < -0.3 is 9.15 Å². The van der Waals surface area contributed by atoms with E-state index in [1.54, 1.807) is 18.4 Å². The average Bonchev–Trinajstić information content (AvgIpc) is 3.19. The second-order valence-electron chi connectivity index (χ2n) is 4.92. The maximum atomic E-state index is 11.8. The second-order valence-corrected chi connectivity index (χ2v) is 6.87. The van der Waals surface area contributed by atoms with Gasteiger partial charge in [-0.3, -0.25) is 14.9 Å². The highest BCUT2D eigenvalue weighted by Crippen LogP contribution is 2.28. The quantitative estimate of drug-likeness (QED) is 0.627. The van der Waals surface area contributed by atoms with Crippen molar-refractivity contribution >= 4 is 54.5 Å². The van der Waals surface area contributed by atoms with Crippen LogP contribution in [0.1, 0.15) is 12.2 Å². The van der Waals surface area contributed by atoms with Crippen LogP contribution in [0.2, 0.25) is 0 Å². The number of fused-ring (bicyclic) bond motifs is 1. The molecule has 3 aromatic rings. The van der Waals surface area contributed by atoms with Crippen molar-refractivity contribution in [2.24, 2.45) is 0 Å². The van der Waals surface area contributed by atoms with Gasteiger partial charge in [0.25, 0.3) is 5.91 Å². The van der Waals surface area contributed by atoms with Crippen molar-refractivity contribution in [3.63, 3.8) is 0 Å². The zero-order valence-electron chi connectivity index (χ0n) is 12.5. The molecule has 6 nitrogen and oxygen atoms in total. The van der Waals surface area contributed by atoms with E-state index in [1.165, 1.54) is 11.3 Å². The average molecular weight is 409 g/mol. The van der Waals surface area contributed by atoms with Crippen molar-refractivity contribution in [2.75, 3.05) is 11.9 Å². The van der Waals surface area contributed by atoms with E-state index in [4.69, 9.17) is 9.15 Å². The number of hydrogen-bond donors (Lipinski definition) is 1. The smallest absolute Gasteiger partial charge is 0.306 e. The van der Waals surface area contributed by atoms with E-state index in [0.29, 0.717) is 17.3 Å². The number of benzene rings is 1. The molecule has 0 aliphatic rings. The lowest BCUT2D eigenvalue weighted by atomic mass is 10.2. The third-order valence-electron chi connectivity index (χ3n) is 3.12. The Morgan fingerprint density at radius 3 is 3.00 bits per heavy atom. The van der Waals surface area contributed by atoms with Gasteiger partial charge in [-0.05, 0) is 30.3 Å². The van der Waals surface area contributed by atoms with Gasteiger partial charge >= 0.3 is 5.97 Å². The fourth-order valence-corrected chi connectivity index (χ4v) is 3.44. The molecule has 1 aromatic carbocycles. The summed E-state index contributed by atoms with van der Waals surface area (Å²) in [4.78, 5) is 27.8. The molecule has 0 aliphatic carbocycles. The minimum Gasteiger partial charge on any atom is -0.469 e. The lowest BCUT2D eigenvalue weighted by Gasteiger charge is -2.03. The maximum Gasteiger partial charge on any atom is 0.306 e. The van der Waals surface area contributed by atoms with Gasteiger partial charge in [0.05, 0.1) is 22.9 Å². The van der Waals surface area contributed by atoms with Crippen LogP contribution < -0.4 is 5.32 Å². The van der Waals surface area contributed by atoms with E-state index in [1.807, 2.05) is 18.2 Å². The highest BCUT2D eigenvalue weighted by Gasteiger charge is 2.11. The summed E-state index contributed by atoms with van der Waals surface area (Å²) in [5.41, 5.74) is 0.800. The first-order valence-electron chi connectivity index (χ1n) is 7.14. The van der Waals surface area contributed by atoms with Gasteiger partial charge in [0.2, 0.25) is 0 Å². The van der Waals surface area contributed by atoms with Gasteiger partial charge in [-0.25, -0.2) is 4.98 Å². The summed E-state index contributed by atoms with van der Waals surface area (Å²) in [7, 11) is 0. The molecule has 2 aromatic heterocycles. The number of halogens is 1. The summed E-state index contributed by atoms with van der Waals surface area (Å²) in [5, 5.41) is 3.11. The number of anilines is 1. The molecule has 24 heavy (non-hydrogen) atoms. The van der Waals surface area contributed by atoms with Gasteiger partial charge in [0.1, 0.15) is 5.76 Å². The SMILES string of the molecule is O=C(COC(=O)CCc1ccco1)Nc1nc2ccc(Br)cc2s1. The van der Waals surface area contributed by atoms with Crippen LogP contribution in [-0.2, 0) is 20.7 Å². The third kappa shape index (κ3) is 4.42. The summed E-state index contributed by atoms with van der Waals surface area (Å²) in [6.45, 7) is -0.337. The summed E-state index contributed by atoms with van der Waals surface area (Å²) in [6, 6.07) is 9.21. The molecule has 1 amide bonds. The van der Waals surface area contributed by atoms with Gasteiger partial charge in [0.15, 0.2) is 11.7 Å². The molecule has 1 N–H and O–H groups in total. The van der Waals surface area contributed by atoms with E-state index in [-0.39, 0.29) is 13.0 Å². The van der Waals surface area contributed by atoms with E-state index < -0.39 is 11.9 Å². The predicted octanol–water partition coefficient (Wildman–Crippen LogP) is 3.77. The number of nitrogens with one attached hydrogen (secondary N) is 1. The van der Waals surface area contributed by atoms with Crippen molar-refractivity contribution in [3.8, 4) is 0 Å². The molecule has 0 radical (unpaired) electrons. The van der Waals surface area contributed by atoms with Crippen LogP contribution in [0.4, 0.5) is 5.13 Å². The summed E-state index contributed by atoms with van der Waals surface area (Å²) in [6.07, 6.45) is 2.15. The van der Waals surface area contributed by atoms with E-state index in [2.05, 4.69) is 26.2 Å². The monoisotopic (exact) mass is 408 g/mol. The van der Waals surface area contributed by atoms with Crippen molar-refractivity contribution in [3.05, 3.63) is 46.8 Å². The van der Waals surface area contributed by atoms with E-state index >= 15 is 0 Å². The second kappa shape index (κ2) is 7.59. The number of carbonyl (C=O) groups is 2. The third-order valence-corrected chi connectivity index (χ3v) is 4.54. The van der Waals surface area contributed by atoms with Crippen LogP contribution in [-0.4, -0.2) is 23.5 Å². The largest absolute Gasteiger partial charge is 0.469 e. The molecular formula is C16H13BrN2O4S. The Morgan fingerprint density at radius 2 is 2.21 bits per heavy atom. The van der Waals surface area contributed by atoms with Crippen LogP contribution >= 0.6 is 27.3 Å². The molecule has 0 atom stereocenters. The number of aryl methyl sites for hydroxylation is 1. The van der Waals surface area contributed by atoms with Gasteiger partial charge in [-0.1, -0.05) is 27.3 Å². The molecule has 0 saturated heterocycles. The van der Waals surface area contributed by atoms with Gasteiger partial charge in [-0.15, -0.1) is 0 Å². The first kappa shape index (κ1) is 16.7. The van der Waals surface area contributed by atoms with Crippen molar-refractivity contribution < 1.29 is 18.7 Å². The Hall–Kier alpha value is -2.19. The van der Waals surface area contributed by atoms with Crippen LogP contribution in [0, 0.1) is 0 Å². The Balaban J connectivity index is 1.46. The number of esters is 1. The Kier molecular flexibility index (Phi) is 5.27. The molecule has 0 aliphatic heterocycles. The highest BCUT2D eigenvalue weighted by atomic mass is 79.9. The minimum absolute atomic E-state index is 0.163. The molecule has 124 valence electrons. The van der Waals surface area contributed by atoms with Crippen molar-refractivity contribution in [1.29, 1.82) is 0 Å². The van der Waals surface area contributed by atoms with Crippen LogP contribution in [0.15, 0.2) is 45.5 Å². The highest BCUT2D eigenvalue weighted by molar-refractivity contribution is 9.10. The molecule has 0 spiro atoms. The number of amides is 1. The van der Waals surface area contributed by atoms with Gasteiger partial charge in [-0.2, -0.15) is 0 Å². The van der Waals surface area contributed by atoms with Gasteiger partial charge in [0, 0.05) is 10.9 Å². The van der Waals surface area contributed by atoms with Crippen molar-refractivity contribution in [1.82, 2.24) is 4.98 Å². The lowest BCUT2D eigenvalue weighted by Crippen LogP contribution is -2.20. The zero-order valence-corrected chi connectivity index (χ0v) is 14.9. The number of aromatic nitrogens is 1. The van der Waals surface area contributed by atoms with Crippen LogP contribution in [0.3, 0.4) is 0 Å². The summed E-state index contributed by atoms with van der Waals surface area (Å²) >= 11 is 4.75. The number of hydrogen-bond acceptors (Lipinski definition) is 6. The first-order valence-corrected chi connectivity index (χ1v) is 8.75. The zero-order chi connectivity index (χ0) is 16.9. The standard InChI is InChI=1S/C16H13BrN2O4S/c17-10-3-5-12-13(8-10)24-16(18-12)19-14(20)9-23-15(21)6-4-11-2-1-7-22-11/h1-3,5,7-8H,4,6,9H2,(H,18,19,20). The predicted molar refractivity (Wildman–Crippen MR) is 93.9 cm³/mol. The fraction of sp³-hybridized carbons (Fsp3) is 0.188. The normalized spacial score (nSPS) is 10.7. The topological polar surface area (TPSA) is 81.4 Å². The number of rotatable bonds is 6. The molecule has 2 heterocycles. The number of carbonyl (C=O) groups excluding carboxylic acids is 2. The van der Waals surface area contributed by atoms with E-state index in [0.717, 1.165) is 14.7 Å². The van der Waals surface area contributed by atoms with Crippen LogP contribution in [0.25, 0.3) is 10.2 Å². The minimum atomic E-state index is -0.449. The Labute approximate surface area is 150 Å². The summed E-state index contributed by atoms with van der Waals surface area (Å²) < 4.78 is 12.0. The molecule has 0 unspecified atom stereocenters. The Bertz CT molecular complexity index is 860. The number of furan rings is 1. The molecule has 3 rings (SSSR count). The molecule has 0 fully saturated rings. The molecular weight excluding hydrogens is 396 g/mol. The molecule has 0 saturated carbocycles. The lowest BCUT2D eigenvalue weighted by molar-refractivity contribution is -0.147. The maximum absolute atomic E-state index is 11.8. The van der Waals surface area contributed by atoms with Crippen molar-refractivity contribution in [2.45, 2.75) is 12.8 Å². The molecule has 0 bridgehead atoms. The summed E-state index contributed by atoms with van der Waals surface area (Å²) in [5.74, 6) is -0.161.